The van der Waals surface area contributed by atoms with Crippen LogP contribution in [0.25, 0.3) is 0 Å². The molecular formula is C17H25N3O2S. The SMILES string of the molecule is CC(c1ccc2c(c1NC(=O)NS(C)(=N)=O)CCC2)C1CCC1. The molecule has 3 N–H and O–H groups in total. The molecule has 126 valence electrons. The zero-order valence-electron chi connectivity index (χ0n) is 13.8. The fourth-order valence-corrected chi connectivity index (χ4v) is 4.13. The van der Waals surface area contributed by atoms with E-state index in [0.29, 0.717) is 11.8 Å². The molecule has 2 amide bonds. The number of hydrogen-bond donors (Lipinski definition) is 3. The van der Waals surface area contributed by atoms with Gasteiger partial charge in [0.05, 0.1) is 0 Å². The van der Waals surface area contributed by atoms with E-state index in [1.807, 2.05) is 0 Å². The largest absolute Gasteiger partial charge is 0.331 e. The number of carbonyl (C=O) groups is 1. The van der Waals surface area contributed by atoms with E-state index in [9.17, 15) is 9.00 Å². The first-order valence-electron chi connectivity index (χ1n) is 8.32. The number of nitrogens with one attached hydrogen (secondary N) is 3. The highest BCUT2D eigenvalue weighted by molar-refractivity contribution is 7.90. The first-order chi connectivity index (χ1) is 10.8. The van der Waals surface area contributed by atoms with E-state index in [4.69, 9.17) is 4.78 Å². The van der Waals surface area contributed by atoms with Gasteiger partial charge in [-0.15, -0.1) is 0 Å². The maximum Gasteiger partial charge on any atom is 0.331 e. The Kier molecular flexibility index (Phi) is 4.36. The zero-order valence-corrected chi connectivity index (χ0v) is 14.6. The number of hydrogen-bond acceptors (Lipinski definition) is 3. The predicted octanol–water partition coefficient (Wildman–Crippen LogP) is 3.79. The van der Waals surface area contributed by atoms with Crippen LogP contribution in [0.15, 0.2) is 12.1 Å². The molecule has 0 saturated heterocycles. The van der Waals surface area contributed by atoms with E-state index in [1.165, 1.54) is 42.2 Å². The standard InChI is InChI=1S/C17H25N3O2S/c1-11(12-5-3-6-12)14-10-9-13-7-4-8-15(13)16(14)19-17(21)20-23(2,18)22/h9-12H,3-8H2,1-2H3,(H3,18,19,20,21,22). The average molecular weight is 335 g/mol. The first kappa shape index (κ1) is 16.3. The normalized spacial score (nSPS) is 21.0. The lowest BCUT2D eigenvalue weighted by Crippen LogP contribution is -2.33. The zero-order chi connectivity index (χ0) is 16.6. The Morgan fingerprint density at radius 3 is 2.65 bits per heavy atom. The van der Waals surface area contributed by atoms with Gasteiger partial charge < -0.3 is 5.32 Å². The van der Waals surface area contributed by atoms with Crippen molar-refractivity contribution in [2.75, 3.05) is 11.6 Å². The Bertz CT molecular complexity index is 724. The Labute approximate surface area is 138 Å². The van der Waals surface area contributed by atoms with Gasteiger partial charge in [-0.25, -0.2) is 13.8 Å². The molecule has 1 aromatic carbocycles. The molecular weight excluding hydrogens is 310 g/mol. The number of carbonyl (C=O) groups excluding carboxylic acids is 1. The van der Waals surface area contributed by atoms with Gasteiger partial charge in [0.1, 0.15) is 9.92 Å². The van der Waals surface area contributed by atoms with Crippen LogP contribution >= 0.6 is 0 Å². The molecule has 0 radical (unpaired) electrons. The molecule has 0 spiro atoms. The maximum atomic E-state index is 12.1. The molecule has 1 aromatic rings. The van der Waals surface area contributed by atoms with Gasteiger partial charge in [-0.3, -0.25) is 4.72 Å². The van der Waals surface area contributed by atoms with Crippen molar-refractivity contribution in [3.05, 3.63) is 28.8 Å². The molecule has 0 aliphatic heterocycles. The molecule has 6 heteroatoms. The third-order valence-electron chi connectivity index (χ3n) is 5.19. The highest BCUT2D eigenvalue weighted by Gasteiger charge is 2.29. The molecule has 0 bridgehead atoms. The summed E-state index contributed by atoms with van der Waals surface area (Å²) >= 11 is 0. The Balaban J connectivity index is 1.92. The third-order valence-corrected chi connectivity index (χ3v) is 5.76. The summed E-state index contributed by atoms with van der Waals surface area (Å²) in [6, 6.07) is 3.80. The van der Waals surface area contributed by atoms with Crippen LogP contribution in [0.3, 0.4) is 0 Å². The molecule has 23 heavy (non-hydrogen) atoms. The summed E-state index contributed by atoms with van der Waals surface area (Å²) in [5, 5.41) is 2.90. The Hall–Kier alpha value is -1.56. The van der Waals surface area contributed by atoms with Crippen molar-refractivity contribution in [2.24, 2.45) is 5.92 Å². The minimum atomic E-state index is -3.06. The predicted molar refractivity (Wildman–Crippen MR) is 93.2 cm³/mol. The number of rotatable bonds is 4. The summed E-state index contributed by atoms with van der Waals surface area (Å²) in [4.78, 5) is 12.1. The van der Waals surface area contributed by atoms with Crippen LogP contribution in [0.1, 0.15) is 55.2 Å². The summed E-state index contributed by atoms with van der Waals surface area (Å²) in [7, 11) is -3.06. The van der Waals surface area contributed by atoms with E-state index in [2.05, 4.69) is 29.1 Å². The van der Waals surface area contributed by atoms with Gasteiger partial charge in [-0.2, -0.15) is 0 Å². The second-order valence-corrected chi connectivity index (χ2v) is 8.79. The molecule has 1 fully saturated rings. The van der Waals surface area contributed by atoms with E-state index < -0.39 is 15.9 Å². The van der Waals surface area contributed by atoms with Crippen LogP contribution in [-0.4, -0.2) is 16.5 Å². The van der Waals surface area contributed by atoms with Crippen LogP contribution in [-0.2, 0) is 22.8 Å². The number of anilines is 1. The monoisotopic (exact) mass is 335 g/mol. The van der Waals surface area contributed by atoms with Crippen LogP contribution in [0.4, 0.5) is 10.5 Å². The second-order valence-electron chi connectivity index (χ2n) is 6.90. The summed E-state index contributed by atoms with van der Waals surface area (Å²) in [5.74, 6) is 1.09. The molecule has 2 aliphatic carbocycles. The summed E-state index contributed by atoms with van der Waals surface area (Å²) < 4.78 is 21.1. The summed E-state index contributed by atoms with van der Waals surface area (Å²) in [6.07, 6.45) is 8.12. The molecule has 0 heterocycles. The molecule has 5 nitrogen and oxygen atoms in total. The number of aryl methyl sites for hydroxylation is 1. The van der Waals surface area contributed by atoms with E-state index in [0.717, 1.165) is 24.9 Å². The highest BCUT2D eigenvalue weighted by atomic mass is 32.2. The first-order valence-corrected chi connectivity index (χ1v) is 10.3. The van der Waals surface area contributed by atoms with Crippen LogP contribution in [0, 0.1) is 10.7 Å². The maximum absolute atomic E-state index is 12.1. The molecule has 2 aliphatic rings. The van der Waals surface area contributed by atoms with Crippen molar-refractivity contribution in [1.29, 1.82) is 4.78 Å². The fraction of sp³-hybridized carbons (Fsp3) is 0.588. The smallest absolute Gasteiger partial charge is 0.307 e. The van der Waals surface area contributed by atoms with E-state index in [-0.39, 0.29) is 0 Å². The third kappa shape index (κ3) is 3.52. The topological polar surface area (TPSA) is 82.1 Å². The van der Waals surface area contributed by atoms with Gasteiger partial charge in [0, 0.05) is 11.9 Å². The molecule has 3 rings (SSSR count). The highest BCUT2D eigenvalue weighted by Crippen LogP contribution is 2.43. The number of benzene rings is 1. The summed E-state index contributed by atoms with van der Waals surface area (Å²) in [5.41, 5.74) is 4.59. The Morgan fingerprint density at radius 1 is 1.30 bits per heavy atom. The van der Waals surface area contributed by atoms with Gasteiger partial charge >= 0.3 is 6.03 Å². The number of amides is 2. The van der Waals surface area contributed by atoms with Crippen molar-refractivity contribution in [3.63, 3.8) is 0 Å². The Morgan fingerprint density at radius 2 is 2.04 bits per heavy atom. The van der Waals surface area contributed by atoms with Crippen LogP contribution < -0.4 is 10.0 Å². The van der Waals surface area contributed by atoms with Gasteiger partial charge in [-0.1, -0.05) is 25.5 Å². The lowest BCUT2D eigenvalue weighted by Gasteiger charge is -2.33. The van der Waals surface area contributed by atoms with E-state index in [1.54, 1.807) is 0 Å². The molecule has 2 unspecified atom stereocenters. The van der Waals surface area contributed by atoms with Crippen molar-refractivity contribution in [2.45, 2.75) is 51.4 Å². The van der Waals surface area contributed by atoms with Gasteiger partial charge in [0.15, 0.2) is 0 Å². The summed E-state index contributed by atoms with van der Waals surface area (Å²) in [6.45, 7) is 2.23. The molecule has 2 atom stereocenters. The van der Waals surface area contributed by atoms with Crippen LogP contribution in [0.2, 0.25) is 0 Å². The number of fused-ring (bicyclic) bond motifs is 1. The van der Waals surface area contributed by atoms with Crippen molar-refractivity contribution < 1.29 is 9.00 Å². The lowest BCUT2D eigenvalue weighted by molar-refractivity contribution is 0.256. The molecule has 0 aromatic heterocycles. The van der Waals surface area contributed by atoms with Crippen molar-refractivity contribution >= 4 is 21.6 Å². The van der Waals surface area contributed by atoms with Gasteiger partial charge in [0.25, 0.3) is 0 Å². The minimum Gasteiger partial charge on any atom is -0.307 e. The second kappa shape index (κ2) is 6.15. The quantitative estimate of drug-likeness (QED) is 0.782. The minimum absolute atomic E-state index is 0.409. The number of urea groups is 1. The average Bonchev–Trinajstić information content (AvgIpc) is 2.83. The molecule has 1 saturated carbocycles. The lowest BCUT2D eigenvalue weighted by atomic mass is 9.73. The van der Waals surface area contributed by atoms with Crippen LogP contribution in [0.5, 0.6) is 0 Å². The fourth-order valence-electron chi connectivity index (χ4n) is 3.72. The van der Waals surface area contributed by atoms with Crippen molar-refractivity contribution in [3.8, 4) is 0 Å². The van der Waals surface area contributed by atoms with E-state index >= 15 is 0 Å². The van der Waals surface area contributed by atoms with Gasteiger partial charge in [-0.05, 0) is 60.6 Å². The van der Waals surface area contributed by atoms with Crippen molar-refractivity contribution in [1.82, 2.24) is 4.72 Å². The van der Waals surface area contributed by atoms with Gasteiger partial charge in [0.2, 0.25) is 0 Å².